The number of carbonyl (C=O) groups excluding carboxylic acids is 1. The smallest absolute Gasteiger partial charge is 0.427 e. The summed E-state index contributed by atoms with van der Waals surface area (Å²) >= 11 is 0. The minimum atomic E-state index is -0.601. The third-order valence-electron chi connectivity index (χ3n) is 3.71. The van der Waals surface area contributed by atoms with E-state index in [1.54, 1.807) is 6.21 Å². The highest BCUT2D eigenvalue weighted by Gasteiger charge is 2.07. The van der Waals surface area contributed by atoms with Crippen LogP contribution in [0.25, 0.3) is 10.9 Å². The normalized spacial score (nSPS) is 10.9. The Morgan fingerprint density at radius 1 is 1.16 bits per heavy atom. The summed E-state index contributed by atoms with van der Waals surface area (Å²) < 4.78 is 12.4. The van der Waals surface area contributed by atoms with Crippen molar-refractivity contribution in [2.75, 3.05) is 13.7 Å². The molecule has 0 aliphatic heterocycles. The van der Waals surface area contributed by atoms with E-state index >= 15 is 0 Å². The van der Waals surface area contributed by atoms with Gasteiger partial charge in [0, 0.05) is 22.7 Å². The maximum absolute atomic E-state index is 11.1. The van der Waals surface area contributed by atoms with Crippen molar-refractivity contribution in [3.63, 3.8) is 0 Å². The highest BCUT2D eigenvalue weighted by atomic mass is 16.5. The molecule has 2 aromatic carbocycles. The zero-order valence-corrected chi connectivity index (χ0v) is 13.9. The number of methoxy groups -OCH3 is 1. The SMILES string of the molecule is COC(=O)N/N=C/c1cn(CCOc2ccccc2)c2ccccc12. The fourth-order valence-corrected chi connectivity index (χ4v) is 2.54. The van der Waals surface area contributed by atoms with Gasteiger partial charge in [0.2, 0.25) is 0 Å². The van der Waals surface area contributed by atoms with Gasteiger partial charge in [0.25, 0.3) is 0 Å². The molecule has 0 unspecified atom stereocenters. The average molecular weight is 337 g/mol. The van der Waals surface area contributed by atoms with E-state index in [1.165, 1.54) is 7.11 Å². The zero-order valence-electron chi connectivity index (χ0n) is 13.9. The first-order valence-electron chi connectivity index (χ1n) is 7.90. The molecule has 1 amide bonds. The lowest BCUT2D eigenvalue weighted by Gasteiger charge is -2.08. The number of hydrazone groups is 1. The van der Waals surface area contributed by atoms with Gasteiger partial charge in [0.15, 0.2) is 0 Å². The summed E-state index contributed by atoms with van der Waals surface area (Å²) in [5, 5.41) is 4.96. The van der Waals surface area contributed by atoms with Gasteiger partial charge in [-0.15, -0.1) is 0 Å². The van der Waals surface area contributed by atoms with Crippen LogP contribution in [0.5, 0.6) is 5.75 Å². The highest BCUT2D eigenvalue weighted by Crippen LogP contribution is 2.20. The molecule has 0 aliphatic carbocycles. The standard InChI is InChI=1S/C19H19N3O3/c1-24-19(23)21-20-13-15-14-22(18-10-6-5-9-17(15)18)11-12-25-16-7-3-2-4-8-16/h2-10,13-14H,11-12H2,1H3,(H,21,23)/b20-13+. The lowest BCUT2D eigenvalue weighted by Crippen LogP contribution is -2.16. The topological polar surface area (TPSA) is 64.8 Å². The lowest BCUT2D eigenvalue weighted by atomic mass is 10.2. The number of amides is 1. The average Bonchev–Trinajstić information content (AvgIpc) is 3.01. The van der Waals surface area contributed by atoms with E-state index in [0.29, 0.717) is 13.2 Å². The Morgan fingerprint density at radius 2 is 1.92 bits per heavy atom. The van der Waals surface area contributed by atoms with E-state index in [0.717, 1.165) is 22.2 Å². The van der Waals surface area contributed by atoms with Crippen LogP contribution in [0.15, 0.2) is 65.9 Å². The van der Waals surface area contributed by atoms with Crippen molar-refractivity contribution in [3.05, 3.63) is 66.4 Å². The molecule has 0 radical (unpaired) electrons. The van der Waals surface area contributed by atoms with Crippen LogP contribution >= 0.6 is 0 Å². The Balaban J connectivity index is 1.73. The van der Waals surface area contributed by atoms with Crippen LogP contribution in [0.3, 0.4) is 0 Å². The summed E-state index contributed by atoms with van der Waals surface area (Å²) in [6, 6.07) is 17.7. The molecule has 6 heteroatoms. The Labute approximate surface area is 145 Å². The number of carbonyl (C=O) groups is 1. The van der Waals surface area contributed by atoms with Crippen LogP contribution in [-0.4, -0.2) is 30.6 Å². The van der Waals surface area contributed by atoms with Gasteiger partial charge in [-0.05, 0) is 18.2 Å². The van der Waals surface area contributed by atoms with E-state index in [1.807, 2.05) is 60.8 Å². The number of benzene rings is 2. The number of hydrogen-bond acceptors (Lipinski definition) is 4. The van der Waals surface area contributed by atoms with Crippen LogP contribution in [0.1, 0.15) is 5.56 Å². The molecule has 6 nitrogen and oxygen atoms in total. The van der Waals surface area contributed by atoms with E-state index in [4.69, 9.17) is 4.74 Å². The molecule has 3 aromatic rings. The number of nitrogens with one attached hydrogen (secondary N) is 1. The highest BCUT2D eigenvalue weighted by molar-refractivity contribution is 5.99. The summed E-state index contributed by atoms with van der Waals surface area (Å²) in [6.07, 6.45) is 2.99. The number of ether oxygens (including phenoxy) is 2. The van der Waals surface area contributed by atoms with Crippen molar-refractivity contribution in [3.8, 4) is 5.75 Å². The summed E-state index contributed by atoms with van der Waals surface area (Å²) in [4.78, 5) is 11.1. The Hall–Kier alpha value is -3.28. The van der Waals surface area contributed by atoms with Gasteiger partial charge >= 0.3 is 6.09 Å². The monoisotopic (exact) mass is 337 g/mol. The predicted molar refractivity (Wildman–Crippen MR) is 97.0 cm³/mol. The van der Waals surface area contributed by atoms with E-state index in [2.05, 4.69) is 19.8 Å². The molecule has 25 heavy (non-hydrogen) atoms. The van der Waals surface area contributed by atoms with Crippen molar-refractivity contribution in [1.29, 1.82) is 0 Å². The number of fused-ring (bicyclic) bond motifs is 1. The molecule has 1 N–H and O–H groups in total. The number of aromatic nitrogens is 1. The van der Waals surface area contributed by atoms with Gasteiger partial charge in [-0.3, -0.25) is 0 Å². The van der Waals surface area contributed by atoms with Gasteiger partial charge in [0.05, 0.1) is 19.9 Å². The summed E-state index contributed by atoms with van der Waals surface area (Å²) in [5.41, 5.74) is 4.28. The van der Waals surface area contributed by atoms with Crippen molar-refractivity contribution < 1.29 is 14.3 Å². The van der Waals surface area contributed by atoms with Gasteiger partial charge in [-0.1, -0.05) is 36.4 Å². The van der Waals surface area contributed by atoms with Gasteiger partial charge in [0.1, 0.15) is 12.4 Å². The van der Waals surface area contributed by atoms with E-state index in [-0.39, 0.29) is 0 Å². The summed E-state index contributed by atoms with van der Waals surface area (Å²) in [5.74, 6) is 0.850. The second kappa shape index (κ2) is 8.01. The first-order valence-corrected chi connectivity index (χ1v) is 7.90. The molecule has 0 aliphatic rings. The second-order valence-corrected chi connectivity index (χ2v) is 5.32. The van der Waals surface area contributed by atoms with Gasteiger partial charge < -0.3 is 14.0 Å². The third-order valence-corrected chi connectivity index (χ3v) is 3.71. The molecule has 0 atom stereocenters. The zero-order chi connectivity index (χ0) is 17.5. The Kier molecular flexibility index (Phi) is 5.31. The molecular formula is C19H19N3O3. The molecule has 1 heterocycles. The van der Waals surface area contributed by atoms with Crippen molar-refractivity contribution in [2.45, 2.75) is 6.54 Å². The fraction of sp³-hybridized carbons (Fsp3) is 0.158. The van der Waals surface area contributed by atoms with Crippen LogP contribution in [-0.2, 0) is 11.3 Å². The number of hydrogen-bond donors (Lipinski definition) is 1. The Bertz CT molecular complexity index is 872. The maximum Gasteiger partial charge on any atom is 0.427 e. The maximum atomic E-state index is 11.1. The molecule has 0 spiro atoms. The van der Waals surface area contributed by atoms with Crippen molar-refractivity contribution in [1.82, 2.24) is 9.99 Å². The van der Waals surface area contributed by atoms with Crippen molar-refractivity contribution >= 4 is 23.2 Å². The molecule has 3 rings (SSSR count). The van der Waals surface area contributed by atoms with Crippen molar-refractivity contribution in [2.24, 2.45) is 5.10 Å². The minimum Gasteiger partial charge on any atom is -0.492 e. The predicted octanol–water partition coefficient (Wildman–Crippen LogP) is 3.41. The van der Waals surface area contributed by atoms with Crippen LogP contribution in [0.2, 0.25) is 0 Å². The van der Waals surface area contributed by atoms with Crippen LogP contribution < -0.4 is 10.2 Å². The number of nitrogens with zero attached hydrogens (tertiary/aromatic N) is 2. The molecule has 0 bridgehead atoms. The fourth-order valence-electron chi connectivity index (χ4n) is 2.54. The van der Waals surface area contributed by atoms with Crippen LogP contribution in [0, 0.1) is 0 Å². The third kappa shape index (κ3) is 4.17. The Morgan fingerprint density at radius 3 is 2.72 bits per heavy atom. The summed E-state index contributed by atoms with van der Waals surface area (Å²) in [6.45, 7) is 1.26. The first kappa shape index (κ1) is 16.6. The lowest BCUT2D eigenvalue weighted by molar-refractivity contribution is 0.171. The van der Waals surface area contributed by atoms with Gasteiger partial charge in [-0.25, -0.2) is 10.2 Å². The molecular weight excluding hydrogens is 318 g/mol. The molecule has 0 saturated carbocycles. The molecule has 0 fully saturated rings. The van der Waals surface area contributed by atoms with E-state index in [9.17, 15) is 4.79 Å². The molecule has 1 aromatic heterocycles. The minimum absolute atomic E-state index is 0.555. The largest absolute Gasteiger partial charge is 0.492 e. The summed E-state index contributed by atoms with van der Waals surface area (Å²) in [7, 11) is 1.30. The quantitative estimate of drug-likeness (QED) is 0.554. The first-order chi connectivity index (χ1) is 12.3. The molecule has 128 valence electrons. The number of rotatable bonds is 6. The van der Waals surface area contributed by atoms with Crippen LogP contribution in [0.4, 0.5) is 4.79 Å². The number of para-hydroxylation sites is 2. The van der Waals surface area contributed by atoms with Gasteiger partial charge in [-0.2, -0.15) is 5.10 Å². The second-order valence-electron chi connectivity index (χ2n) is 5.32. The molecule has 0 saturated heterocycles. The van der Waals surface area contributed by atoms with E-state index < -0.39 is 6.09 Å².